The molecular formula is C8H13NO2. The number of hydrogen-bond acceptors (Lipinski definition) is 2. The van der Waals surface area contributed by atoms with Crippen LogP contribution in [0.1, 0.15) is 12.8 Å². The van der Waals surface area contributed by atoms with Gasteiger partial charge in [0.25, 0.3) is 0 Å². The Bertz CT molecular complexity index is 154. The lowest BCUT2D eigenvalue weighted by molar-refractivity contribution is -0.125. The summed E-state index contributed by atoms with van der Waals surface area (Å²) in [4.78, 5) is 12.3. The van der Waals surface area contributed by atoms with Gasteiger partial charge in [-0.3, -0.25) is 4.79 Å². The first kappa shape index (κ1) is 9.75. The summed E-state index contributed by atoms with van der Waals surface area (Å²) in [7, 11) is 0. The molecule has 0 bridgehead atoms. The third-order valence-electron chi connectivity index (χ3n) is 1.33. The normalized spacial score (nSPS) is 15.3. The molecule has 1 N–H and O–H groups in total. The van der Waals surface area contributed by atoms with Crippen LogP contribution < -0.4 is 0 Å². The maximum Gasteiger partial charge on any atom is 0.226 e. The number of hydrogen-bond donors (Lipinski definition) is 1. The molecule has 0 unspecified atom stereocenters. The van der Waals surface area contributed by atoms with Crippen molar-refractivity contribution in [1.29, 1.82) is 0 Å². The molecule has 0 saturated carbocycles. The fourth-order valence-electron chi connectivity index (χ4n) is 0.862. The number of carbonyl (C=O) groups is 1. The van der Waals surface area contributed by atoms with E-state index in [1.165, 1.54) is 0 Å². The average Bonchev–Trinajstić information content (AvgIpc) is 2.36. The van der Waals surface area contributed by atoms with E-state index in [0.29, 0.717) is 6.42 Å². The van der Waals surface area contributed by atoms with E-state index in [4.69, 9.17) is 5.11 Å². The van der Waals surface area contributed by atoms with E-state index >= 15 is 0 Å². The van der Waals surface area contributed by atoms with Gasteiger partial charge in [-0.15, -0.1) is 0 Å². The van der Waals surface area contributed by atoms with Crippen LogP contribution >= 0.6 is 0 Å². The summed E-state index contributed by atoms with van der Waals surface area (Å²) in [6, 6.07) is 0. The minimum atomic E-state index is 0.208. The SMILES string of the molecule is C=CN1CCCC1=O.C=CO. The highest BCUT2D eigenvalue weighted by Crippen LogP contribution is 2.08. The van der Waals surface area contributed by atoms with E-state index in [1.807, 2.05) is 0 Å². The van der Waals surface area contributed by atoms with Crippen LogP contribution in [-0.2, 0) is 4.79 Å². The lowest BCUT2D eigenvalue weighted by Crippen LogP contribution is -2.16. The van der Waals surface area contributed by atoms with E-state index in [-0.39, 0.29) is 5.91 Å². The van der Waals surface area contributed by atoms with Gasteiger partial charge in [-0.25, -0.2) is 0 Å². The third kappa shape index (κ3) is 3.45. The Balaban J connectivity index is 0.000000292. The number of rotatable bonds is 1. The Kier molecular flexibility index (Phi) is 4.90. The number of amides is 1. The van der Waals surface area contributed by atoms with Crippen molar-refractivity contribution in [3.63, 3.8) is 0 Å². The fraction of sp³-hybridized carbons (Fsp3) is 0.375. The highest BCUT2D eigenvalue weighted by molar-refractivity contribution is 5.78. The van der Waals surface area contributed by atoms with Crippen LogP contribution in [0.3, 0.4) is 0 Å². The van der Waals surface area contributed by atoms with Crippen LogP contribution in [0, 0.1) is 0 Å². The minimum absolute atomic E-state index is 0.208. The van der Waals surface area contributed by atoms with Gasteiger partial charge >= 0.3 is 0 Å². The molecule has 1 fully saturated rings. The number of likely N-dealkylation sites (tertiary alicyclic amines) is 1. The molecule has 0 spiro atoms. The van der Waals surface area contributed by atoms with Crippen molar-refractivity contribution in [2.24, 2.45) is 0 Å². The Morgan fingerprint density at radius 2 is 2.09 bits per heavy atom. The van der Waals surface area contributed by atoms with Gasteiger partial charge in [-0.05, 0) is 12.6 Å². The number of aliphatic hydroxyl groups excluding tert-OH is 1. The largest absolute Gasteiger partial charge is 0.516 e. The summed E-state index contributed by atoms with van der Waals surface area (Å²) in [5, 5.41) is 7.33. The van der Waals surface area contributed by atoms with Crippen LogP contribution in [0.2, 0.25) is 0 Å². The standard InChI is InChI=1S/C6H9NO.C2H4O/c1-2-7-5-3-4-6(7)8;1-2-3/h2H,1,3-5H2;2-3H,1H2. The Labute approximate surface area is 66.6 Å². The zero-order chi connectivity index (χ0) is 8.69. The van der Waals surface area contributed by atoms with Crippen molar-refractivity contribution in [3.8, 4) is 0 Å². The molecule has 0 aromatic carbocycles. The molecule has 1 amide bonds. The smallest absolute Gasteiger partial charge is 0.226 e. The van der Waals surface area contributed by atoms with Crippen molar-refractivity contribution < 1.29 is 9.90 Å². The quantitative estimate of drug-likeness (QED) is 0.582. The molecule has 0 radical (unpaired) electrons. The molecule has 11 heavy (non-hydrogen) atoms. The molecule has 0 aliphatic carbocycles. The second-order valence-corrected chi connectivity index (χ2v) is 2.06. The monoisotopic (exact) mass is 155 g/mol. The highest BCUT2D eigenvalue weighted by Gasteiger charge is 2.15. The predicted octanol–water partition coefficient (Wildman–Crippen LogP) is 1.44. The summed E-state index contributed by atoms with van der Waals surface area (Å²) in [6.45, 7) is 7.28. The summed E-state index contributed by atoms with van der Waals surface area (Å²) < 4.78 is 0. The molecule has 0 aromatic rings. The van der Waals surface area contributed by atoms with Gasteiger partial charge in [-0.2, -0.15) is 0 Å². The third-order valence-corrected chi connectivity index (χ3v) is 1.33. The topological polar surface area (TPSA) is 40.5 Å². The molecule has 0 atom stereocenters. The van der Waals surface area contributed by atoms with Gasteiger partial charge in [0.1, 0.15) is 0 Å². The Hall–Kier alpha value is -1.25. The van der Waals surface area contributed by atoms with Crippen molar-refractivity contribution in [1.82, 2.24) is 4.90 Å². The van der Waals surface area contributed by atoms with E-state index in [1.54, 1.807) is 11.1 Å². The summed E-state index contributed by atoms with van der Waals surface area (Å²) >= 11 is 0. The molecule has 3 nitrogen and oxygen atoms in total. The van der Waals surface area contributed by atoms with E-state index in [2.05, 4.69) is 13.2 Å². The molecule has 1 rings (SSSR count). The molecular weight excluding hydrogens is 142 g/mol. The first-order valence-electron chi connectivity index (χ1n) is 3.43. The van der Waals surface area contributed by atoms with E-state index in [0.717, 1.165) is 19.2 Å². The second kappa shape index (κ2) is 5.53. The average molecular weight is 155 g/mol. The number of nitrogens with zero attached hydrogens (tertiary/aromatic N) is 1. The first-order chi connectivity index (χ1) is 5.26. The molecule has 0 aromatic heterocycles. The number of aliphatic hydroxyl groups is 1. The van der Waals surface area contributed by atoms with Gasteiger partial charge in [-0.1, -0.05) is 13.2 Å². The van der Waals surface area contributed by atoms with Crippen molar-refractivity contribution in [2.45, 2.75) is 12.8 Å². The molecule has 1 heterocycles. The summed E-state index contributed by atoms with van der Waals surface area (Å²) in [5.41, 5.74) is 0. The minimum Gasteiger partial charge on any atom is -0.516 e. The Morgan fingerprint density at radius 1 is 1.55 bits per heavy atom. The summed E-state index contributed by atoms with van der Waals surface area (Å²) in [5.74, 6) is 0.208. The zero-order valence-corrected chi connectivity index (χ0v) is 6.49. The van der Waals surface area contributed by atoms with Crippen molar-refractivity contribution in [3.05, 3.63) is 25.6 Å². The molecule has 1 aliphatic heterocycles. The molecule has 1 saturated heterocycles. The van der Waals surface area contributed by atoms with Gasteiger partial charge in [0, 0.05) is 13.0 Å². The van der Waals surface area contributed by atoms with Crippen LogP contribution in [0.25, 0.3) is 0 Å². The van der Waals surface area contributed by atoms with Gasteiger partial charge in [0.15, 0.2) is 0 Å². The lowest BCUT2D eigenvalue weighted by atomic mass is 10.4. The molecule has 3 heteroatoms. The maximum absolute atomic E-state index is 10.7. The van der Waals surface area contributed by atoms with Gasteiger partial charge < -0.3 is 10.0 Å². The number of carbonyl (C=O) groups excluding carboxylic acids is 1. The van der Waals surface area contributed by atoms with E-state index in [9.17, 15) is 4.79 Å². The van der Waals surface area contributed by atoms with E-state index < -0.39 is 0 Å². The highest BCUT2D eigenvalue weighted by atomic mass is 16.2. The molecule has 1 aliphatic rings. The van der Waals surface area contributed by atoms with Crippen molar-refractivity contribution >= 4 is 5.91 Å². The Morgan fingerprint density at radius 3 is 2.27 bits per heavy atom. The fourth-order valence-corrected chi connectivity index (χ4v) is 0.862. The summed E-state index contributed by atoms with van der Waals surface area (Å²) in [6.07, 6.45) is 4.03. The molecule has 62 valence electrons. The van der Waals surface area contributed by atoms with Gasteiger partial charge in [0.05, 0.1) is 6.26 Å². The van der Waals surface area contributed by atoms with Crippen LogP contribution in [0.5, 0.6) is 0 Å². The predicted molar refractivity (Wildman–Crippen MR) is 44.0 cm³/mol. The zero-order valence-electron chi connectivity index (χ0n) is 6.49. The second-order valence-electron chi connectivity index (χ2n) is 2.06. The maximum atomic E-state index is 10.7. The first-order valence-corrected chi connectivity index (χ1v) is 3.43. The van der Waals surface area contributed by atoms with Crippen LogP contribution in [0.4, 0.5) is 0 Å². The van der Waals surface area contributed by atoms with Crippen LogP contribution in [-0.4, -0.2) is 22.5 Å². The van der Waals surface area contributed by atoms with Gasteiger partial charge in [0.2, 0.25) is 5.91 Å². The van der Waals surface area contributed by atoms with Crippen LogP contribution in [0.15, 0.2) is 25.6 Å². The van der Waals surface area contributed by atoms with Crippen molar-refractivity contribution in [2.75, 3.05) is 6.54 Å². The lowest BCUT2D eigenvalue weighted by Gasteiger charge is -2.05.